The number of benzene rings is 2. The highest BCUT2D eigenvalue weighted by atomic mass is 16.6. The zero-order chi connectivity index (χ0) is 17.8. The topological polar surface area (TPSA) is 101 Å². The summed E-state index contributed by atoms with van der Waals surface area (Å²) in [6.45, 7) is 3.76. The molecule has 0 aliphatic carbocycles. The second kappa shape index (κ2) is 7.04. The van der Waals surface area contributed by atoms with E-state index in [0.717, 1.165) is 11.1 Å². The molecule has 2 aromatic carbocycles. The van der Waals surface area contributed by atoms with Crippen LogP contribution in [0.2, 0.25) is 0 Å². The minimum absolute atomic E-state index is 0.175. The first-order valence-electron chi connectivity index (χ1n) is 7.61. The van der Waals surface area contributed by atoms with E-state index < -0.39 is 0 Å². The van der Waals surface area contributed by atoms with Crippen molar-refractivity contribution in [2.24, 2.45) is 5.16 Å². The molecule has 0 spiro atoms. The summed E-state index contributed by atoms with van der Waals surface area (Å²) in [4.78, 5) is 9.58. The Morgan fingerprint density at radius 3 is 2.72 bits per heavy atom. The number of rotatable bonds is 5. The first-order chi connectivity index (χ1) is 12.0. The zero-order valence-electron chi connectivity index (χ0n) is 13.8. The summed E-state index contributed by atoms with van der Waals surface area (Å²) < 4.78 is 4.99. The first-order valence-corrected chi connectivity index (χ1v) is 7.61. The Morgan fingerprint density at radius 1 is 1.16 bits per heavy atom. The molecule has 0 atom stereocenters. The summed E-state index contributed by atoms with van der Waals surface area (Å²) in [5.41, 5.74) is 2.98. The molecule has 0 aliphatic rings. The predicted octanol–water partition coefficient (Wildman–Crippen LogP) is 3.40. The number of hydrogen-bond donors (Lipinski definition) is 2. The molecule has 0 radical (unpaired) electrons. The number of phenols is 2. The van der Waals surface area contributed by atoms with Gasteiger partial charge in [-0.3, -0.25) is 0 Å². The smallest absolute Gasteiger partial charge is 0.223 e. The third-order valence-electron chi connectivity index (χ3n) is 3.54. The van der Waals surface area contributed by atoms with Crippen molar-refractivity contribution in [1.29, 1.82) is 0 Å². The predicted molar refractivity (Wildman–Crippen MR) is 91.2 cm³/mol. The molecule has 1 heterocycles. The fourth-order valence-corrected chi connectivity index (χ4v) is 2.22. The van der Waals surface area contributed by atoms with Gasteiger partial charge in [0.25, 0.3) is 0 Å². The number of aromatic hydroxyl groups is 2. The van der Waals surface area contributed by atoms with Crippen LogP contribution in [0.3, 0.4) is 0 Å². The van der Waals surface area contributed by atoms with Gasteiger partial charge in [0.05, 0.1) is 5.71 Å². The molecule has 0 unspecified atom stereocenters. The molecule has 0 aliphatic heterocycles. The third-order valence-corrected chi connectivity index (χ3v) is 3.54. The van der Waals surface area contributed by atoms with Gasteiger partial charge in [-0.05, 0) is 36.8 Å². The van der Waals surface area contributed by atoms with Gasteiger partial charge in [0, 0.05) is 18.1 Å². The van der Waals surface area contributed by atoms with Crippen LogP contribution >= 0.6 is 0 Å². The third kappa shape index (κ3) is 3.95. The van der Waals surface area contributed by atoms with Gasteiger partial charge >= 0.3 is 0 Å². The molecular weight excluding hydrogens is 322 g/mol. The fraction of sp³-hybridized carbons (Fsp3) is 0.167. The second-order valence-electron chi connectivity index (χ2n) is 5.49. The molecule has 7 nitrogen and oxygen atoms in total. The van der Waals surface area contributed by atoms with Crippen LogP contribution in [-0.4, -0.2) is 26.1 Å². The molecule has 7 heteroatoms. The van der Waals surface area contributed by atoms with E-state index in [2.05, 4.69) is 15.3 Å². The Bertz CT molecular complexity index is 918. The molecule has 3 rings (SSSR count). The summed E-state index contributed by atoms with van der Waals surface area (Å²) >= 11 is 0. The lowest BCUT2D eigenvalue weighted by molar-refractivity contribution is 0.130. The second-order valence-corrected chi connectivity index (χ2v) is 5.49. The van der Waals surface area contributed by atoms with Gasteiger partial charge < -0.3 is 19.6 Å². The standard InChI is InChI=1S/C18H17N3O4/c1-11(14-6-7-16(22)17(23)9-14)20-24-10-13-4-3-5-15(8-13)18-19-12(2)25-21-18/h3-9,22-23H,10H2,1-2H3. The lowest BCUT2D eigenvalue weighted by Crippen LogP contribution is -1.97. The monoisotopic (exact) mass is 339 g/mol. The van der Waals surface area contributed by atoms with Crippen LogP contribution in [0.5, 0.6) is 11.5 Å². The van der Waals surface area contributed by atoms with Crippen molar-refractivity contribution >= 4 is 5.71 Å². The van der Waals surface area contributed by atoms with Crippen LogP contribution in [0, 0.1) is 6.92 Å². The molecule has 25 heavy (non-hydrogen) atoms. The molecule has 0 amide bonds. The number of nitrogens with zero attached hydrogens (tertiary/aromatic N) is 3. The van der Waals surface area contributed by atoms with Crippen molar-refractivity contribution in [2.45, 2.75) is 20.5 Å². The Morgan fingerprint density at radius 2 is 2.00 bits per heavy atom. The van der Waals surface area contributed by atoms with Crippen molar-refractivity contribution in [3.8, 4) is 22.9 Å². The van der Waals surface area contributed by atoms with E-state index in [0.29, 0.717) is 23.0 Å². The summed E-state index contributed by atoms with van der Waals surface area (Å²) in [5, 5.41) is 26.8. The fourth-order valence-electron chi connectivity index (χ4n) is 2.22. The maximum Gasteiger partial charge on any atom is 0.223 e. The summed E-state index contributed by atoms with van der Waals surface area (Å²) in [5.74, 6) is 0.661. The Hall–Kier alpha value is -3.35. The summed E-state index contributed by atoms with van der Waals surface area (Å²) in [6.07, 6.45) is 0. The molecule has 0 saturated carbocycles. The van der Waals surface area contributed by atoms with Crippen molar-refractivity contribution < 1.29 is 19.6 Å². The SMILES string of the molecule is CC(=NOCc1cccc(-c2noc(C)n2)c1)c1ccc(O)c(O)c1. The Kier molecular flexibility index (Phi) is 4.65. The van der Waals surface area contributed by atoms with Gasteiger partial charge in [-0.2, -0.15) is 4.98 Å². The van der Waals surface area contributed by atoms with E-state index in [-0.39, 0.29) is 18.1 Å². The van der Waals surface area contributed by atoms with E-state index in [1.807, 2.05) is 24.3 Å². The van der Waals surface area contributed by atoms with Crippen LogP contribution in [0.1, 0.15) is 23.9 Å². The summed E-state index contributed by atoms with van der Waals surface area (Å²) in [6, 6.07) is 12.1. The lowest BCUT2D eigenvalue weighted by Gasteiger charge is -2.05. The van der Waals surface area contributed by atoms with Gasteiger partial charge in [-0.15, -0.1) is 0 Å². The normalized spacial score (nSPS) is 11.5. The number of phenolic OH excluding ortho intramolecular Hbond substituents is 2. The molecule has 0 saturated heterocycles. The first kappa shape index (κ1) is 16.5. The van der Waals surface area contributed by atoms with Crippen LogP contribution in [0.15, 0.2) is 52.1 Å². The lowest BCUT2D eigenvalue weighted by atomic mass is 10.1. The summed E-state index contributed by atoms with van der Waals surface area (Å²) in [7, 11) is 0. The van der Waals surface area contributed by atoms with Gasteiger partial charge in [0.15, 0.2) is 11.5 Å². The average Bonchev–Trinajstić information content (AvgIpc) is 3.04. The minimum Gasteiger partial charge on any atom is -0.504 e. The van der Waals surface area contributed by atoms with Crippen LogP contribution in [-0.2, 0) is 11.4 Å². The van der Waals surface area contributed by atoms with E-state index in [4.69, 9.17) is 9.36 Å². The highest BCUT2D eigenvalue weighted by Crippen LogP contribution is 2.25. The molecule has 1 aromatic heterocycles. The van der Waals surface area contributed by atoms with E-state index in [1.165, 1.54) is 12.1 Å². The van der Waals surface area contributed by atoms with Crippen molar-refractivity contribution in [2.75, 3.05) is 0 Å². The van der Waals surface area contributed by atoms with E-state index in [9.17, 15) is 10.2 Å². The molecular formula is C18H17N3O4. The molecule has 0 bridgehead atoms. The number of aryl methyl sites for hydroxylation is 1. The number of oxime groups is 1. The van der Waals surface area contributed by atoms with Crippen molar-refractivity contribution in [3.05, 3.63) is 59.5 Å². The highest BCUT2D eigenvalue weighted by molar-refractivity contribution is 5.98. The quantitative estimate of drug-likeness (QED) is 0.420. The van der Waals surface area contributed by atoms with Crippen LogP contribution in [0.25, 0.3) is 11.4 Å². The largest absolute Gasteiger partial charge is 0.504 e. The zero-order valence-corrected chi connectivity index (χ0v) is 13.8. The van der Waals surface area contributed by atoms with Gasteiger partial charge in [-0.1, -0.05) is 28.5 Å². The molecule has 0 fully saturated rings. The van der Waals surface area contributed by atoms with Gasteiger partial charge in [0.2, 0.25) is 11.7 Å². The maximum absolute atomic E-state index is 9.53. The number of aromatic nitrogens is 2. The Labute approximate surface area is 144 Å². The Balaban J connectivity index is 1.68. The average molecular weight is 339 g/mol. The van der Waals surface area contributed by atoms with Gasteiger partial charge in [-0.25, -0.2) is 0 Å². The number of hydrogen-bond acceptors (Lipinski definition) is 7. The van der Waals surface area contributed by atoms with Crippen molar-refractivity contribution in [1.82, 2.24) is 10.1 Å². The minimum atomic E-state index is -0.199. The van der Waals surface area contributed by atoms with Crippen molar-refractivity contribution in [3.63, 3.8) is 0 Å². The van der Waals surface area contributed by atoms with Gasteiger partial charge in [0.1, 0.15) is 6.61 Å². The molecule has 128 valence electrons. The highest BCUT2D eigenvalue weighted by Gasteiger charge is 2.07. The van der Waals surface area contributed by atoms with E-state index >= 15 is 0 Å². The van der Waals surface area contributed by atoms with Crippen LogP contribution < -0.4 is 0 Å². The molecule has 2 N–H and O–H groups in total. The maximum atomic E-state index is 9.53. The van der Waals surface area contributed by atoms with Crippen LogP contribution in [0.4, 0.5) is 0 Å². The molecule has 3 aromatic rings. The van der Waals surface area contributed by atoms with E-state index in [1.54, 1.807) is 19.9 Å².